The number of aromatic nitrogens is 12. The normalized spacial score (nSPS) is 12.5. The van der Waals surface area contributed by atoms with E-state index in [0.717, 1.165) is 121 Å². The molecule has 0 spiro atoms. The molecule has 580 valence electrons. The van der Waals surface area contributed by atoms with Crippen LogP contribution in [0.2, 0.25) is 30.1 Å². The molecule has 116 heavy (non-hydrogen) atoms. The Morgan fingerprint density at radius 1 is 0.336 bits per heavy atom. The fourth-order valence-corrected chi connectivity index (χ4v) is 15.3. The van der Waals surface area contributed by atoms with Crippen molar-refractivity contribution in [1.29, 1.82) is 0 Å². The number of nitrogens with zero attached hydrogens (tertiary/aromatic N) is 8. The number of phenols is 4. The summed E-state index contributed by atoms with van der Waals surface area (Å²) in [6.45, 7) is 9.42. The maximum atomic E-state index is 13.4. The van der Waals surface area contributed by atoms with E-state index in [0.29, 0.717) is 115 Å². The summed E-state index contributed by atoms with van der Waals surface area (Å²) in [5.74, 6) is 0.946. The highest BCUT2D eigenvalue weighted by Crippen LogP contribution is 2.48. The van der Waals surface area contributed by atoms with Crippen LogP contribution in [-0.4, -0.2) is 78.8 Å². The Hall–Kier alpha value is -12.4. The number of fused-ring (bicyclic) bond motifs is 4. The molecule has 8 heterocycles. The highest BCUT2D eigenvalue weighted by molar-refractivity contribution is 6.42. The lowest BCUT2D eigenvalue weighted by molar-refractivity contribution is 0.476. The molecule has 17 aromatic rings. The number of hydrogen-bond donors (Lipinski definition) is 8. The first kappa shape index (κ1) is 77.5. The molecule has 2 aliphatic rings. The van der Waals surface area contributed by atoms with E-state index in [1.165, 1.54) is 42.8 Å². The maximum Gasteiger partial charge on any atom is 0.280 e. The summed E-state index contributed by atoms with van der Waals surface area (Å²) in [4.78, 5) is 71.2. The predicted molar refractivity (Wildman–Crippen MR) is 460 cm³/mol. The van der Waals surface area contributed by atoms with E-state index in [2.05, 4.69) is 40.3 Å². The van der Waals surface area contributed by atoms with Gasteiger partial charge in [0, 0.05) is 120 Å². The van der Waals surface area contributed by atoms with Gasteiger partial charge in [-0.1, -0.05) is 185 Å². The van der Waals surface area contributed by atoms with Crippen molar-refractivity contribution in [2.45, 2.75) is 78.6 Å². The molecule has 19 rings (SSSR count). The molecule has 0 bridgehead atoms. The van der Waals surface area contributed by atoms with Crippen molar-refractivity contribution in [2.75, 3.05) is 0 Å². The molecule has 0 radical (unpaired) electrons. The van der Waals surface area contributed by atoms with Crippen LogP contribution in [0.3, 0.4) is 0 Å². The minimum Gasteiger partial charge on any atom is -0.507 e. The Morgan fingerprint density at radius 3 is 1.00 bits per heavy atom. The lowest BCUT2D eigenvalue weighted by Crippen LogP contribution is -2.17. The molecule has 0 saturated heterocycles. The van der Waals surface area contributed by atoms with Crippen molar-refractivity contribution in [3.63, 3.8) is 0 Å². The summed E-state index contributed by atoms with van der Waals surface area (Å²) in [5.41, 5.74) is 19.6. The molecule has 0 unspecified atom stereocenters. The van der Waals surface area contributed by atoms with Gasteiger partial charge in [-0.05, 0) is 183 Å². The summed E-state index contributed by atoms with van der Waals surface area (Å²) < 4.78 is 5.78. The molecule has 9 aromatic carbocycles. The van der Waals surface area contributed by atoms with E-state index in [1.54, 1.807) is 84.9 Å². The number of aryl methyl sites for hydroxylation is 5. The van der Waals surface area contributed by atoms with E-state index in [9.17, 15) is 39.6 Å². The number of phenolic OH excluding ortho intramolecular Hbond substituents is 4. The van der Waals surface area contributed by atoms with Crippen LogP contribution in [0.4, 0.5) is 0 Å². The van der Waals surface area contributed by atoms with Crippen molar-refractivity contribution in [1.82, 2.24) is 58.4 Å². The van der Waals surface area contributed by atoms with E-state index >= 15 is 0 Å². The van der Waals surface area contributed by atoms with Crippen LogP contribution in [0.1, 0.15) is 88.1 Å². The zero-order valence-electron chi connectivity index (χ0n) is 62.7. The predicted octanol–water partition coefficient (Wildman–Crippen LogP) is 21.1. The average Bonchev–Trinajstić information content (AvgIpc) is 1.61. The van der Waals surface area contributed by atoms with Gasteiger partial charge in [0.1, 0.15) is 23.0 Å². The maximum absolute atomic E-state index is 13.4. The third-order valence-corrected chi connectivity index (χ3v) is 22.6. The SMILES string of the molecule is Cc1ccc(-c2cnc3c(-c4ccc(Cl)c(Cl)c4)c(C4CC4)[nH]n3c2=O)c(O)c1.Cc1ccc(-c2cnc3c(-c4ccc(Cl)c(Cl)c4)c(C4CC4)[nH]n3c2=O)c(O)c1.Cc1ccc(-c2cnc3c(-c4ccc(Cl)cc4)c(C)[nH]n3c2=O)c(O)c1.Cc1ccc(-c2cnc3c(-c4ccc(Cl)cc4)c(Cc4ccccc4)[nH]n3c2=O)c(O)c1. The van der Waals surface area contributed by atoms with Gasteiger partial charge in [0.05, 0.1) is 42.3 Å². The second kappa shape index (κ2) is 31.8. The molecule has 0 aliphatic heterocycles. The number of aromatic hydroxyl groups is 4. The van der Waals surface area contributed by atoms with Crippen LogP contribution < -0.4 is 22.2 Å². The Kier molecular flexibility index (Phi) is 21.2. The van der Waals surface area contributed by atoms with Gasteiger partial charge < -0.3 is 20.4 Å². The molecular formula is C90H70Cl6N12O8. The van der Waals surface area contributed by atoms with Crippen LogP contribution in [0.15, 0.2) is 232 Å². The molecule has 2 fully saturated rings. The Morgan fingerprint density at radius 2 is 0.655 bits per heavy atom. The third-order valence-electron chi connectivity index (χ3n) is 20.6. The number of hydrogen-bond acceptors (Lipinski definition) is 12. The third kappa shape index (κ3) is 15.3. The van der Waals surface area contributed by atoms with Gasteiger partial charge in [0.25, 0.3) is 22.2 Å². The van der Waals surface area contributed by atoms with Gasteiger partial charge in [-0.15, -0.1) is 0 Å². The second-order valence-electron chi connectivity index (χ2n) is 29.0. The zero-order valence-corrected chi connectivity index (χ0v) is 67.2. The molecule has 8 N–H and O–H groups in total. The molecule has 2 aliphatic carbocycles. The van der Waals surface area contributed by atoms with Crippen LogP contribution in [-0.2, 0) is 6.42 Å². The largest absolute Gasteiger partial charge is 0.507 e. The first-order valence-electron chi connectivity index (χ1n) is 37.0. The molecule has 0 amide bonds. The van der Waals surface area contributed by atoms with Crippen molar-refractivity contribution < 1.29 is 20.4 Å². The summed E-state index contributed by atoms with van der Waals surface area (Å²) in [7, 11) is 0. The van der Waals surface area contributed by atoms with Crippen LogP contribution >= 0.6 is 69.6 Å². The van der Waals surface area contributed by atoms with Crippen molar-refractivity contribution in [3.05, 3.63) is 335 Å². The molecule has 8 aromatic heterocycles. The number of halogens is 6. The van der Waals surface area contributed by atoms with E-state index < -0.39 is 0 Å². The quantitative estimate of drug-likeness (QED) is 0.0567. The van der Waals surface area contributed by atoms with Crippen LogP contribution in [0.25, 0.3) is 112 Å². The summed E-state index contributed by atoms with van der Waals surface area (Å²) in [5, 5.41) is 57.2. The molecule has 26 heteroatoms. The molecule has 20 nitrogen and oxygen atoms in total. The lowest BCUT2D eigenvalue weighted by atomic mass is 10.0. The number of nitrogens with one attached hydrogen (secondary N) is 4. The van der Waals surface area contributed by atoms with E-state index in [4.69, 9.17) is 69.6 Å². The van der Waals surface area contributed by atoms with Gasteiger partial charge in [0.2, 0.25) is 0 Å². The molecule has 2 saturated carbocycles. The smallest absolute Gasteiger partial charge is 0.280 e. The summed E-state index contributed by atoms with van der Waals surface area (Å²) >= 11 is 36.7. The van der Waals surface area contributed by atoms with Crippen LogP contribution in [0.5, 0.6) is 23.0 Å². The van der Waals surface area contributed by atoms with E-state index in [1.807, 2.05) is 138 Å². The molecular weight excluding hydrogens is 1590 g/mol. The van der Waals surface area contributed by atoms with Gasteiger partial charge >= 0.3 is 0 Å². The minimum atomic E-state index is -0.274. The van der Waals surface area contributed by atoms with Gasteiger partial charge in [-0.3, -0.25) is 39.6 Å². The first-order chi connectivity index (χ1) is 55.8. The lowest BCUT2D eigenvalue weighted by Gasteiger charge is -2.06. The van der Waals surface area contributed by atoms with E-state index in [-0.39, 0.29) is 45.2 Å². The Bertz CT molecular complexity index is 6810. The standard InChI is InChI=1S/C26H20ClN3O2.2C22H17Cl2N3O2.C20H16ClN3O2/c1-16-7-12-20(23(31)13-16)21-15-28-25-24(18-8-10-19(27)11-9-18)22(29-30(25)26(21)32)14-17-5-3-2-4-6-17;2*1-11-2-6-14(18(28)8-11)15-10-25-21-19(13-5-7-16(23)17(24)9-13)20(12-3-4-12)26-27(21)22(15)29;1-11-3-8-15(17(25)9-11)16-10-22-19-18(12(2)23-24(19)20(16)26)13-4-6-14(21)7-5-13/h2-13,15,29,31H,14H2,1H3;2*2,5-10,12,26,28H,3-4H2,1H3;3-10,23,25H,1-2H3. The monoisotopic (exact) mass is 1660 g/mol. The molecule has 0 atom stereocenters. The van der Waals surface area contributed by atoms with Crippen LogP contribution in [0, 0.1) is 34.6 Å². The summed E-state index contributed by atoms with van der Waals surface area (Å²) in [6.07, 6.45) is 10.9. The Balaban J connectivity index is 0.000000116. The van der Waals surface area contributed by atoms with Gasteiger partial charge in [0.15, 0.2) is 22.6 Å². The zero-order chi connectivity index (χ0) is 81.2. The van der Waals surface area contributed by atoms with Crippen molar-refractivity contribution in [2.24, 2.45) is 0 Å². The number of benzene rings is 9. The Labute approximate surface area is 691 Å². The van der Waals surface area contributed by atoms with Gasteiger partial charge in [-0.2, -0.15) is 0 Å². The minimum absolute atomic E-state index is 0.0536. The summed E-state index contributed by atoms with van der Waals surface area (Å²) in [6, 6.07) is 56.7. The fraction of sp³-hybridized carbons (Fsp3) is 0.133. The highest BCUT2D eigenvalue weighted by Gasteiger charge is 2.34. The van der Waals surface area contributed by atoms with Crippen molar-refractivity contribution >= 4 is 92.2 Å². The average molecular weight is 1660 g/mol. The highest BCUT2D eigenvalue weighted by atomic mass is 35.5. The first-order valence-corrected chi connectivity index (χ1v) is 39.3. The number of H-pyrrole nitrogens is 4. The van der Waals surface area contributed by atoms with Gasteiger partial charge in [-0.25, -0.2) is 38.0 Å². The topological polar surface area (TPSA) is 282 Å². The number of rotatable bonds is 12. The van der Waals surface area contributed by atoms with Crippen molar-refractivity contribution in [3.8, 4) is 112 Å². The number of aromatic amines is 4. The fourth-order valence-electron chi connectivity index (χ4n) is 14.5. The second-order valence-corrected chi connectivity index (χ2v) is 31.5.